The molecule has 0 unspecified atom stereocenters. The zero-order chi connectivity index (χ0) is 28.5. The van der Waals surface area contributed by atoms with E-state index in [0.29, 0.717) is 37.5 Å². The van der Waals surface area contributed by atoms with Gasteiger partial charge in [0.2, 0.25) is 5.91 Å². The molecule has 0 saturated heterocycles. The monoisotopic (exact) mass is 606 g/mol. The van der Waals surface area contributed by atoms with Crippen LogP contribution in [0, 0.1) is 0 Å². The molecule has 0 aliphatic heterocycles. The van der Waals surface area contributed by atoms with Crippen LogP contribution >= 0.6 is 34.7 Å². The summed E-state index contributed by atoms with van der Waals surface area (Å²) in [6, 6.07) is 14.5. The molecule has 41 heavy (non-hydrogen) atoms. The van der Waals surface area contributed by atoms with Crippen LogP contribution in [-0.2, 0) is 22.4 Å². The molecule has 6 rings (SSSR count). The smallest absolute Gasteiger partial charge is 0.341 e. The highest BCUT2D eigenvalue weighted by atomic mass is 35.5. The fraction of sp³-hybridized carbons (Fsp3) is 0.267. The number of carbonyl (C=O) groups excluding carboxylic acids is 2. The van der Waals surface area contributed by atoms with E-state index in [1.54, 1.807) is 31.2 Å². The van der Waals surface area contributed by atoms with E-state index in [1.165, 1.54) is 15.9 Å². The van der Waals surface area contributed by atoms with Crippen LogP contribution in [0.1, 0.15) is 47.0 Å². The number of nitrogens with zero attached hydrogens (tertiary/aromatic N) is 2. The van der Waals surface area contributed by atoms with Crippen molar-refractivity contribution in [3.05, 3.63) is 79.9 Å². The molecule has 8 nitrogen and oxygen atoms in total. The van der Waals surface area contributed by atoms with Gasteiger partial charge in [0.05, 0.1) is 23.6 Å². The minimum absolute atomic E-state index is 0.0221. The zero-order valence-corrected chi connectivity index (χ0v) is 24.7. The van der Waals surface area contributed by atoms with Crippen molar-refractivity contribution < 1.29 is 14.3 Å². The first-order chi connectivity index (χ1) is 19.9. The van der Waals surface area contributed by atoms with Gasteiger partial charge >= 0.3 is 5.97 Å². The van der Waals surface area contributed by atoms with Gasteiger partial charge in [0.25, 0.3) is 5.56 Å². The summed E-state index contributed by atoms with van der Waals surface area (Å²) in [6.45, 7) is 2.03. The molecule has 1 aliphatic carbocycles. The van der Waals surface area contributed by atoms with Crippen molar-refractivity contribution >= 4 is 73.5 Å². The van der Waals surface area contributed by atoms with Gasteiger partial charge in [0.15, 0.2) is 5.16 Å². The number of fused-ring (bicyclic) bond motifs is 4. The molecule has 0 atom stereocenters. The van der Waals surface area contributed by atoms with Gasteiger partial charge < -0.3 is 15.0 Å². The molecular weight excluding hydrogens is 580 g/mol. The lowest BCUT2D eigenvalue weighted by molar-refractivity contribution is -0.113. The largest absolute Gasteiger partial charge is 0.462 e. The number of hydrogen-bond donors (Lipinski definition) is 2. The second-order valence-electron chi connectivity index (χ2n) is 9.73. The van der Waals surface area contributed by atoms with Gasteiger partial charge in [-0.15, -0.1) is 11.3 Å². The summed E-state index contributed by atoms with van der Waals surface area (Å²) >= 11 is 8.87. The minimum Gasteiger partial charge on any atom is -0.462 e. The molecule has 1 aliphatic rings. The summed E-state index contributed by atoms with van der Waals surface area (Å²) in [5.41, 5.74) is 3.44. The number of halogens is 1. The van der Waals surface area contributed by atoms with Crippen molar-refractivity contribution in [1.29, 1.82) is 0 Å². The number of anilines is 1. The molecule has 0 bridgehead atoms. The molecule has 2 aromatic carbocycles. The standard InChI is InChI=1S/C30H27ClN4O4S2/c1-2-39-29(38)24-20-12-4-3-5-14-22(20)41-27(24)33-23(36)16-40-30-34-25-19-11-6-7-13-21(19)32-26(25)28(37)35(30)18-10-8-9-17(31)15-18/h6-11,13,15,32H,2-5,12,14,16H2,1H3,(H,33,36). The lowest BCUT2D eigenvalue weighted by Gasteiger charge is -2.13. The van der Waals surface area contributed by atoms with Crippen molar-refractivity contribution in [2.24, 2.45) is 0 Å². The van der Waals surface area contributed by atoms with Crippen LogP contribution in [0.2, 0.25) is 5.02 Å². The molecule has 3 aromatic heterocycles. The number of aryl methyl sites for hydroxylation is 1. The number of H-pyrrole nitrogens is 1. The molecule has 0 fully saturated rings. The number of nitrogens with one attached hydrogen (secondary N) is 2. The Kier molecular flexibility index (Phi) is 7.88. The third kappa shape index (κ3) is 5.39. The Morgan fingerprint density at radius 3 is 2.80 bits per heavy atom. The molecule has 1 amide bonds. The van der Waals surface area contributed by atoms with Crippen LogP contribution in [0.3, 0.4) is 0 Å². The van der Waals surface area contributed by atoms with E-state index in [2.05, 4.69) is 10.3 Å². The lowest BCUT2D eigenvalue weighted by Crippen LogP contribution is -2.23. The van der Waals surface area contributed by atoms with Gasteiger partial charge in [-0.2, -0.15) is 0 Å². The number of benzene rings is 2. The van der Waals surface area contributed by atoms with E-state index >= 15 is 0 Å². The van der Waals surface area contributed by atoms with E-state index in [4.69, 9.17) is 21.3 Å². The van der Waals surface area contributed by atoms with Crippen LogP contribution in [-0.4, -0.2) is 38.8 Å². The lowest BCUT2D eigenvalue weighted by atomic mass is 10.1. The van der Waals surface area contributed by atoms with Crippen LogP contribution < -0.4 is 10.9 Å². The van der Waals surface area contributed by atoms with Crippen molar-refractivity contribution in [3.63, 3.8) is 0 Å². The Balaban J connectivity index is 1.34. The van der Waals surface area contributed by atoms with Crippen molar-refractivity contribution in [1.82, 2.24) is 14.5 Å². The third-order valence-electron chi connectivity index (χ3n) is 7.05. The number of aromatic amines is 1. The molecule has 210 valence electrons. The van der Waals surface area contributed by atoms with Gasteiger partial charge in [-0.05, 0) is 62.4 Å². The average Bonchev–Trinajstić information content (AvgIpc) is 3.41. The van der Waals surface area contributed by atoms with Gasteiger partial charge in [-0.25, -0.2) is 9.78 Å². The highest BCUT2D eigenvalue weighted by Gasteiger charge is 2.27. The van der Waals surface area contributed by atoms with Gasteiger partial charge in [0, 0.05) is 20.8 Å². The molecule has 2 N–H and O–H groups in total. The van der Waals surface area contributed by atoms with Gasteiger partial charge in [0.1, 0.15) is 16.0 Å². The van der Waals surface area contributed by atoms with E-state index in [9.17, 15) is 14.4 Å². The number of carbonyl (C=O) groups is 2. The zero-order valence-electron chi connectivity index (χ0n) is 22.3. The first kappa shape index (κ1) is 27.6. The maximum Gasteiger partial charge on any atom is 0.341 e. The number of aromatic nitrogens is 3. The van der Waals surface area contributed by atoms with E-state index in [1.807, 2.05) is 24.3 Å². The molecule has 11 heteroatoms. The van der Waals surface area contributed by atoms with Crippen LogP contribution in [0.5, 0.6) is 0 Å². The van der Waals surface area contributed by atoms with Crippen LogP contribution in [0.4, 0.5) is 5.00 Å². The normalized spacial score (nSPS) is 13.2. The summed E-state index contributed by atoms with van der Waals surface area (Å²) in [6.07, 6.45) is 4.86. The van der Waals surface area contributed by atoms with Crippen LogP contribution in [0.15, 0.2) is 58.5 Å². The van der Waals surface area contributed by atoms with E-state index in [-0.39, 0.29) is 23.8 Å². The first-order valence-electron chi connectivity index (χ1n) is 13.5. The number of para-hydroxylation sites is 1. The Bertz CT molecular complexity index is 1860. The fourth-order valence-corrected chi connectivity index (χ4v) is 7.51. The minimum atomic E-state index is -0.406. The molecule has 0 saturated carbocycles. The molecule has 0 spiro atoms. The summed E-state index contributed by atoms with van der Waals surface area (Å²) in [7, 11) is 0. The highest BCUT2D eigenvalue weighted by molar-refractivity contribution is 7.99. The SMILES string of the molecule is CCOC(=O)c1c(NC(=O)CSc2nc3c([nH]c4ccccc43)c(=O)n2-c2cccc(Cl)c2)sc2c1CCCCC2. The molecule has 3 heterocycles. The van der Waals surface area contributed by atoms with E-state index < -0.39 is 5.97 Å². The maximum absolute atomic E-state index is 13.8. The quantitative estimate of drug-likeness (QED) is 0.0918. The second kappa shape index (κ2) is 11.7. The Hall–Kier alpha value is -3.60. The summed E-state index contributed by atoms with van der Waals surface area (Å²) in [4.78, 5) is 49.1. The highest BCUT2D eigenvalue weighted by Crippen LogP contribution is 2.38. The number of rotatable bonds is 7. The maximum atomic E-state index is 13.8. The van der Waals surface area contributed by atoms with Crippen LogP contribution in [0.25, 0.3) is 27.6 Å². The number of ether oxygens (including phenoxy) is 1. The second-order valence-corrected chi connectivity index (χ2v) is 12.2. The predicted octanol–water partition coefficient (Wildman–Crippen LogP) is 6.76. The number of thioether (sulfide) groups is 1. The third-order valence-corrected chi connectivity index (χ3v) is 9.43. The summed E-state index contributed by atoms with van der Waals surface area (Å²) in [5.74, 6) is -0.731. The first-order valence-corrected chi connectivity index (χ1v) is 15.7. The Labute approximate surface area is 249 Å². The Morgan fingerprint density at radius 2 is 1.98 bits per heavy atom. The number of amides is 1. The predicted molar refractivity (Wildman–Crippen MR) is 165 cm³/mol. The van der Waals surface area contributed by atoms with Gasteiger partial charge in [-0.3, -0.25) is 14.2 Å². The summed E-state index contributed by atoms with van der Waals surface area (Å²) < 4.78 is 6.82. The molecule has 5 aromatic rings. The van der Waals surface area contributed by atoms with E-state index in [0.717, 1.165) is 65.2 Å². The molecular formula is C30H27ClN4O4S2. The molecule has 0 radical (unpaired) electrons. The van der Waals surface area contributed by atoms with Crippen molar-refractivity contribution in [2.75, 3.05) is 17.7 Å². The van der Waals surface area contributed by atoms with Crippen molar-refractivity contribution in [2.45, 2.75) is 44.2 Å². The summed E-state index contributed by atoms with van der Waals surface area (Å²) in [5, 5.41) is 5.14. The number of hydrogen-bond acceptors (Lipinski definition) is 7. The Morgan fingerprint density at radius 1 is 1.15 bits per heavy atom. The topological polar surface area (TPSA) is 106 Å². The number of esters is 1. The fourth-order valence-electron chi connectivity index (χ4n) is 5.22. The average molecular weight is 607 g/mol. The van der Waals surface area contributed by atoms with Crippen molar-refractivity contribution in [3.8, 4) is 5.69 Å². The number of thiophene rings is 1. The van der Waals surface area contributed by atoms with Gasteiger partial charge in [-0.1, -0.05) is 54.0 Å².